The van der Waals surface area contributed by atoms with Crippen LogP contribution in [0.2, 0.25) is 0 Å². The number of nitro groups is 1. The Bertz CT molecular complexity index is 446. The summed E-state index contributed by atoms with van der Waals surface area (Å²) >= 11 is 0. The summed E-state index contributed by atoms with van der Waals surface area (Å²) in [5.41, 5.74) is 6.46. The predicted molar refractivity (Wildman–Crippen MR) is 63.4 cm³/mol. The second kappa shape index (κ2) is 5.40. The SMILES string of the molecule is Cc1ccc(C(C)NCC(N)=O)cc1[N+](=O)[O-]. The van der Waals surface area contributed by atoms with E-state index in [9.17, 15) is 14.9 Å². The number of hydrogen-bond donors (Lipinski definition) is 2. The number of nitrogens with two attached hydrogens (primary N) is 1. The van der Waals surface area contributed by atoms with E-state index in [1.54, 1.807) is 19.1 Å². The van der Waals surface area contributed by atoms with E-state index < -0.39 is 10.8 Å². The number of nitrogens with one attached hydrogen (secondary N) is 1. The Morgan fingerprint density at radius 3 is 2.76 bits per heavy atom. The second-order valence-electron chi connectivity index (χ2n) is 3.87. The summed E-state index contributed by atoms with van der Waals surface area (Å²) in [7, 11) is 0. The van der Waals surface area contributed by atoms with Gasteiger partial charge in [0.25, 0.3) is 5.69 Å². The molecule has 0 radical (unpaired) electrons. The molecule has 0 spiro atoms. The number of rotatable bonds is 5. The van der Waals surface area contributed by atoms with Crippen LogP contribution in [-0.4, -0.2) is 17.4 Å². The largest absolute Gasteiger partial charge is 0.369 e. The van der Waals surface area contributed by atoms with E-state index in [4.69, 9.17) is 5.73 Å². The van der Waals surface area contributed by atoms with Gasteiger partial charge in [0, 0.05) is 17.7 Å². The first-order chi connectivity index (χ1) is 7.91. The Morgan fingerprint density at radius 1 is 1.59 bits per heavy atom. The summed E-state index contributed by atoms with van der Waals surface area (Å²) in [5.74, 6) is -0.460. The fourth-order valence-corrected chi connectivity index (χ4v) is 1.46. The number of carbonyl (C=O) groups is 1. The third-order valence-corrected chi connectivity index (χ3v) is 2.51. The van der Waals surface area contributed by atoms with Crippen LogP contribution in [0.15, 0.2) is 18.2 Å². The maximum absolute atomic E-state index is 10.8. The van der Waals surface area contributed by atoms with Crippen molar-refractivity contribution in [1.82, 2.24) is 5.32 Å². The lowest BCUT2D eigenvalue weighted by atomic mass is 10.0. The fourth-order valence-electron chi connectivity index (χ4n) is 1.46. The summed E-state index contributed by atoms with van der Waals surface area (Å²) in [6.07, 6.45) is 0. The molecule has 1 amide bonds. The molecule has 92 valence electrons. The number of amides is 1. The lowest BCUT2D eigenvalue weighted by Crippen LogP contribution is -2.30. The lowest BCUT2D eigenvalue weighted by molar-refractivity contribution is -0.385. The van der Waals surface area contributed by atoms with Crippen LogP contribution in [0.1, 0.15) is 24.1 Å². The van der Waals surface area contributed by atoms with E-state index in [0.717, 1.165) is 5.56 Å². The van der Waals surface area contributed by atoms with Crippen LogP contribution in [0.4, 0.5) is 5.69 Å². The zero-order valence-electron chi connectivity index (χ0n) is 9.77. The molecule has 1 atom stereocenters. The smallest absolute Gasteiger partial charge is 0.272 e. The summed E-state index contributed by atoms with van der Waals surface area (Å²) in [6.45, 7) is 3.55. The van der Waals surface area contributed by atoms with Crippen molar-refractivity contribution in [2.75, 3.05) is 6.54 Å². The monoisotopic (exact) mass is 237 g/mol. The Balaban J connectivity index is 2.87. The van der Waals surface area contributed by atoms with Gasteiger partial charge in [0.05, 0.1) is 11.5 Å². The molecule has 0 heterocycles. The van der Waals surface area contributed by atoms with E-state index in [0.29, 0.717) is 5.56 Å². The van der Waals surface area contributed by atoms with Crippen LogP contribution in [0.3, 0.4) is 0 Å². The molecular formula is C11H15N3O3. The van der Waals surface area contributed by atoms with Gasteiger partial charge < -0.3 is 11.1 Å². The molecule has 17 heavy (non-hydrogen) atoms. The van der Waals surface area contributed by atoms with Crippen molar-refractivity contribution in [2.24, 2.45) is 5.73 Å². The van der Waals surface area contributed by atoms with Crippen LogP contribution in [-0.2, 0) is 4.79 Å². The average Bonchev–Trinajstić information content (AvgIpc) is 2.26. The Labute approximate surface area is 99.0 Å². The van der Waals surface area contributed by atoms with Crippen molar-refractivity contribution in [3.8, 4) is 0 Å². The summed E-state index contributed by atoms with van der Waals surface area (Å²) in [6, 6.07) is 4.83. The topological polar surface area (TPSA) is 98.3 Å². The molecule has 1 aromatic rings. The zero-order chi connectivity index (χ0) is 13.0. The van der Waals surface area contributed by atoms with Crippen molar-refractivity contribution in [2.45, 2.75) is 19.9 Å². The van der Waals surface area contributed by atoms with Gasteiger partial charge in [-0.15, -0.1) is 0 Å². The van der Waals surface area contributed by atoms with Gasteiger partial charge in [-0.2, -0.15) is 0 Å². The van der Waals surface area contributed by atoms with E-state index in [-0.39, 0.29) is 18.3 Å². The van der Waals surface area contributed by atoms with Crippen LogP contribution < -0.4 is 11.1 Å². The number of nitro benzene ring substituents is 1. The Morgan fingerprint density at radius 2 is 2.24 bits per heavy atom. The molecule has 0 saturated carbocycles. The molecule has 0 aliphatic rings. The number of aryl methyl sites for hydroxylation is 1. The van der Waals surface area contributed by atoms with Crippen molar-refractivity contribution in [3.63, 3.8) is 0 Å². The molecule has 0 aliphatic heterocycles. The molecule has 1 aromatic carbocycles. The second-order valence-corrected chi connectivity index (χ2v) is 3.87. The molecule has 0 aromatic heterocycles. The Hall–Kier alpha value is -1.95. The normalized spacial score (nSPS) is 12.1. The van der Waals surface area contributed by atoms with E-state index in [1.165, 1.54) is 6.07 Å². The molecule has 0 saturated heterocycles. The van der Waals surface area contributed by atoms with Gasteiger partial charge in [0.15, 0.2) is 0 Å². The van der Waals surface area contributed by atoms with Gasteiger partial charge in [-0.3, -0.25) is 14.9 Å². The zero-order valence-corrected chi connectivity index (χ0v) is 9.77. The molecule has 6 nitrogen and oxygen atoms in total. The molecule has 0 fully saturated rings. The maximum Gasteiger partial charge on any atom is 0.272 e. The first kappa shape index (κ1) is 13.1. The minimum Gasteiger partial charge on any atom is -0.369 e. The van der Waals surface area contributed by atoms with Crippen LogP contribution in [0.25, 0.3) is 0 Å². The molecule has 1 unspecified atom stereocenters. The molecule has 6 heteroatoms. The third-order valence-electron chi connectivity index (χ3n) is 2.51. The molecule has 0 bridgehead atoms. The summed E-state index contributed by atoms with van der Waals surface area (Å²) in [4.78, 5) is 21.0. The standard InChI is InChI=1S/C11H15N3O3/c1-7-3-4-9(5-10(7)14(16)17)8(2)13-6-11(12)15/h3-5,8,13H,6H2,1-2H3,(H2,12,15). The first-order valence-electron chi connectivity index (χ1n) is 5.18. The molecule has 0 aliphatic carbocycles. The lowest BCUT2D eigenvalue weighted by Gasteiger charge is -2.13. The van der Waals surface area contributed by atoms with Crippen molar-refractivity contribution >= 4 is 11.6 Å². The minimum absolute atomic E-state index is 0.0445. The summed E-state index contributed by atoms with van der Waals surface area (Å²) in [5, 5.41) is 13.7. The highest BCUT2D eigenvalue weighted by Crippen LogP contribution is 2.22. The number of hydrogen-bond acceptors (Lipinski definition) is 4. The van der Waals surface area contributed by atoms with E-state index in [1.807, 2.05) is 6.92 Å². The van der Waals surface area contributed by atoms with Gasteiger partial charge in [0.2, 0.25) is 5.91 Å². The fraction of sp³-hybridized carbons (Fsp3) is 0.364. The van der Waals surface area contributed by atoms with Gasteiger partial charge in [-0.1, -0.05) is 12.1 Å². The van der Waals surface area contributed by atoms with Crippen LogP contribution in [0, 0.1) is 17.0 Å². The van der Waals surface area contributed by atoms with E-state index in [2.05, 4.69) is 5.32 Å². The number of benzene rings is 1. The van der Waals surface area contributed by atoms with Crippen LogP contribution in [0.5, 0.6) is 0 Å². The third kappa shape index (κ3) is 3.53. The highest BCUT2D eigenvalue weighted by Gasteiger charge is 2.14. The molecular weight excluding hydrogens is 222 g/mol. The molecule has 3 N–H and O–H groups in total. The molecule has 1 rings (SSSR count). The van der Waals surface area contributed by atoms with Gasteiger partial charge in [-0.25, -0.2) is 0 Å². The first-order valence-corrected chi connectivity index (χ1v) is 5.18. The summed E-state index contributed by atoms with van der Waals surface area (Å²) < 4.78 is 0. The van der Waals surface area contributed by atoms with Gasteiger partial charge in [0.1, 0.15) is 0 Å². The van der Waals surface area contributed by atoms with Gasteiger partial charge in [-0.05, 0) is 19.4 Å². The predicted octanol–water partition coefficient (Wildman–Crippen LogP) is 1.04. The highest BCUT2D eigenvalue weighted by atomic mass is 16.6. The van der Waals surface area contributed by atoms with Gasteiger partial charge >= 0.3 is 0 Å². The Kier molecular flexibility index (Phi) is 4.17. The van der Waals surface area contributed by atoms with E-state index >= 15 is 0 Å². The van der Waals surface area contributed by atoms with Crippen molar-refractivity contribution in [1.29, 1.82) is 0 Å². The minimum atomic E-state index is -0.460. The van der Waals surface area contributed by atoms with Crippen molar-refractivity contribution in [3.05, 3.63) is 39.4 Å². The highest BCUT2D eigenvalue weighted by molar-refractivity contribution is 5.75. The number of carbonyl (C=O) groups excluding carboxylic acids is 1. The van der Waals surface area contributed by atoms with Crippen molar-refractivity contribution < 1.29 is 9.72 Å². The maximum atomic E-state index is 10.8. The number of nitrogens with zero attached hydrogens (tertiary/aromatic N) is 1. The average molecular weight is 237 g/mol. The quantitative estimate of drug-likeness (QED) is 0.590. The van der Waals surface area contributed by atoms with Crippen LogP contribution >= 0.6 is 0 Å². The number of primary amides is 1.